The van der Waals surface area contributed by atoms with Crippen LogP contribution in [-0.4, -0.2) is 29.3 Å². The molecule has 0 aromatic carbocycles. The number of hydrogen-bond acceptors (Lipinski definition) is 3. The van der Waals surface area contributed by atoms with Crippen LogP contribution in [0.4, 0.5) is 5.82 Å². The topological polar surface area (TPSA) is 36.4 Å². The molecule has 1 N–H and O–H groups in total. The van der Waals surface area contributed by atoms with E-state index in [1.54, 1.807) is 6.20 Å². The van der Waals surface area contributed by atoms with Gasteiger partial charge in [0, 0.05) is 24.7 Å². The molecule has 1 aromatic rings. The Morgan fingerprint density at radius 2 is 2.22 bits per heavy atom. The van der Waals surface area contributed by atoms with Gasteiger partial charge < -0.3 is 10.0 Å². The van der Waals surface area contributed by atoms with Gasteiger partial charge in [-0.2, -0.15) is 0 Å². The summed E-state index contributed by atoms with van der Waals surface area (Å²) in [6.45, 7) is 1.89. The van der Waals surface area contributed by atoms with Crippen molar-refractivity contribution in [2.75, 3.05) is 18.0 Å². The number of rotatable bonds is 1. The summed E-state index contributed by atoms with van der Waals surface area (Å²) in [5, 5.41) is 11.0. The first-order valence-electron chi connectivity index (χ1n) is 6.75. The third-order valence-corrected chi connectivity index (χ3v) is 4.80. The number of aliphatic hydroxyl groups is 1. The van der Waals surface area contributed by atoms with Crippen LogP contribution in [0, 0.1) is 5.41 Å². The molecule has 2 fully saturated rings. The highest BCUT2D eigenvalue weighted by atomic mass is 35.5. The molecule has 1 aliphatic carbocycles. The van der Waals surface area contributed by atoms with Gasteiger partial charge in [-0.25, -0.2) is 4.98 Å². The lowest BCUT2D eigenvalue weighted by Crippen LogP contribution is -2.47. The van der Waals surface area contributed by atoms with Crippen molar-refractivity contribution < 1.29 is 5.11 Å². The lowest BCUT2D eigenvalue weighted by molar-refractivity contribution is 0.0408. The molecule has 98 valence electrons. The molecular formula is C14H19ClN2O. The maximum Gasteiger partial charge on any atom is 0.147 e. The van der Waals surface area contributed by atoms with Crippen LogP contribution in [0.2, 0.25) is 5.02 Å². The maximum atomic E-state index is 10.3. The van der Waals surface area contributed by atoms with E-state index in [0.717, 1.165) is 51.0 Å². The van der Waals surface area contributed by atoms with Gasteiger partial charge in [0.15, 0.2) is 0 Å². The van der Waals surface area contributed by atoms with Crippen LogP contribution in [0.15, 0.2) is 18.3 Å². The standard InChI is InChI=1S/C14H19ClN2O/c15-11-4-2-8-16-13(11)17-9-3-7-14(10-17)6-1-5-12(14)18/h2,4,8,12,18H,1,3,5-7,9-10H2/t12-,14-/m1/s1. The van der Waals surface area contributed by atoms with E-state index in [-0.39, 0.29) is 11.5 Å². The predicted molar refractivity (Wildman–Crippen MR) is 73.0 cm³/mol. The zero-order valence-electron chi connectivity index (χ0n) is 10.5. The Morgan fingerprint density at radius 3 is 2.94 bits per heavy atom. The summed E-state index contributed by atoms with van der Waals surface area (Å²) in [5.74, 6) is 0.873. The molecule has 18 heavy (non-hydrogen) atoms. The summed E-state index contributed by atoms with van der Waals surface area (Å²) in [6.07, 6.45) is 7.11. The third kappa shape index (κ3) is 1.99. The van der Waals surface area contributed by atoms with Crippen LogP contribution < -0.4 is 4.90 Å². The first kappa shape index (κ1) is 12.2. The number of anilines is 1. The van der Waals surface area contributed by atoms with E-state index in [0.29, 0.717) is 5.02 Å². The number of aromatic nitrogens is 1. The van der Waals surface area contributed by atoms with Crippen molar-refractivity contribution in [2.24, 2.45) is 5.41 Å². The number of aliphatic hydroxyl groups excluding tert-OH is 1. The van der Waals surface area contributed by atoms with Crippen molar-refractivity contribution in [3.05, 3.63) is 23.4 Å². The predicted octanol–water partition coefficient (Wildman–Crippen LogP) is 2.87. The first-order valence-corrected chi connectivity index (χ1v) is 7.13. The Bertz CT molecular complexity index is 440. The average Bonchev–Trinajstić information content (AvgIpc) is 2.71. The lowest BCUT2D eigenvalue weighted by atomic mass is 9.77. The Balaban J connectivity index is 1.85. The van der Waals surface area contributed by atoms with Crippen molar-refractivity contribution >= 4 is 17.4 Å². The van der Waals surface area contributed by atoms with Crippen LogP contribution >= 0.6 is 11.6 Å². The first-order chi connectivity index (χ1) is 8.71. The van der Waals surface area contributed by atoms with Gasteiger partial charge in [0.2, 0.25) is 0 Å². The third-order valence-electron chi connectivity index (χ3n) is 4.51. The van der Waals surface area contributed by atoms with Gasteiger partial charge in [-0.15, -0.1) is 0 Å². The molecule has 0 bridgehead atoms. The number of hydrogen-bond donors (Lipinski definition) is 1. The summed E-state index contributed by atoms with van der Waals surface area (Å²) in [6, 6.07) is 3.74. The molecule has 1 aliphatic heterocycles. The van der Waals surface area contributed by atoms with Crippen molar-refractivity contribution in [1.82, 2.24) is 4.98 Å². The highest BCUT2D eigenvalue weighted by Crippen LogP contribution is 2.46. The van der Waals surface area contributed by atoms with E-state index >= 15 is 0 Å². The molecule has 3 nitrogen and oxygen atoms in total. The lowest BCUT2D eigenvalue weighted by Gasteiger charge is -2.43. The number of pyridine rings is 1. The fourth-order valence-corrected chi connectivity index (χ4v) is 3.79. The van der Waals surface area contributed by atoms with Crippen LogP contribution in [-0.2, 0) is 0 Å². The Hall–Kier alpha value is -0.800. The van der Waals surface area contributed by atoms with Gasteiger partial charge >= 0.3 is 0 Å². The van der Waals surface area contributed by atoms with Crippen LogP contribution in [0.25, 0.3) is 0 Å². The molecule has 2 heterocycles. The van der Waals surface area contributed by atoms with Crippen molar-refractivity contribution in [2.45, 2.75) is 38.2 Å². The molecule has 1 saturated carbocycles. The van der Waals surface area contributed by atoms with E-state index < -0.39 is 0 Å². The van der Waals surface area contributed by atoms with Gasteiger partial charge in [-0.1, -0.05) is 18.0 Å². The molecule has 4 heteroatoms. The SMILES string of the molecule is O[C@@H]1CCC[C@]12CCCN(c1ncccc1Cl)C2. The van der Waals surface area contributed by atoms with Gasteiger partial charge in [0.05, 0.1) is 11.1 Å². The van der Waals surface area contributed by atoms with Gasteiger partial charge in [0.25, 0.3) is 0 Å². The maximum absolute atomic E-state index is 10.3. The van der Waals surface area contributed by atoms with Crippen LogP contribution in [0.1, 0.15) is 32.1 Å². The second-order valence-corrected chi connectivity index (χ2v) is 6.01. The number of piperidine rings is 1. The van der Waals surface area contributed by atoms with E-state index in [9.17, 15) is 5.11 Å². The molecule has 2 atom stereocenters. The largest absolute Gasteiger partial charge is 0.392 e. The minimum absolute atomic E-state index is 0.0824. The molecule has 1 saturated heterocycles. The van der Waals surface area contributed by atoms with E-state index in [4.69, 9.17) is 11.6 Å². The van der Waals surface area contributed by atoms with Crippen molar-refractivity contribution in [3.8, 4) is 0 Å². The fraction of sp³-hybridized carbons (Fsp3) is 0.643. The molecule has 3 rings (SSSR count). The van der Waals surface area contributed by atoms with Crippen LogP contribution in [0.3, 0.4) is 0 Å². The molecule has 0 unspecified atom stereocenters. The van der Waals surface area contributed by atoms with Gasteiger partial charge in [-0.05, 0) is 37.8 Å². The summed E-state index contributed by atoms with van der Waals surface area (Å²) < 4.78 is 0. The molecule has 0 radical (unpaired) electrons. The second kappa shape index (κ2) is 4.71. The van der Waals surface area contributed by atoms with Gasteiger partial charge in [-0.3, -0.25) is 0 Å². The molecular weight excluding hydrogens is 248 g/mol. The molecule has 2 aliphatic rings. The Kier molecular flexibility index (Phi) is 3.20. The summed E-state index contributed by atoms with van der Waals surface area (Å²) in [4.78, 5) is 6.64. The van der Waals surface area contributed by atoms with Gasteiger partial charge in [0.1, 0.15) is 5.82 Å². The van der Waals surface area contributed by atoms with Crippen molar-refractivity contribution in [3.63, 3.8) is 0 Å². The fourth-order valence-electron chi connectivity index (χ4n) is 3.55. The monoisotopic (exact) mass is 266 g/mol. The summed E-state index contributed by atoms with van der Waals surface area (Å²) >= 11 is 6.22. The zero-order chi connectivity index (χ0) is 12.6. The zero-order valence-corrected chi connectivity index (χ0v) is 11.2. The number of halogens is 1. The van der Waals surface area contributed by atoms with E-state index in [2.05, 4.69) is 9.88 Å². The van der Waals surface area contributed by atoms with Crippen molar-refractivity contribution in [1.29, 1.82) is 0 Å². The molecule has 1 spiro atoms. The Labute approximate surface area is 113 Å². The highest BCUT2D eigenvalue weighted by Gasteiger charge is 2.45. The minimum Gasteiger partial charge on any atom is -0.392 e. The quantitative estimate of drug-likeness (QED) is 0.849. The normalized spacial score (nSPS) is 32.1. The summed E-state index contributed by atoms with van der Waals surface area (Å²) in [7, 11) is 0. The smallest absolute Gasteiger partial charge is 0.147 e. The highest BCUT2D eigenvalue weighted by molar-refractivity contribution is 6.32. The second-order valence-electron chi connectivity index (χ2n) is 5.60. The number of nitrogens with zero attached hydrogens (tertiary/aromatic N) is 2. The Morgan fingerprint density at radius 1 is 1.39 bits per heavy atom. The van der Waals surface area contributed by atoms with E-state index in [1.807, 2.05) is 12.1 Å². The molecule has 1 aromatic heterocycles. The molecule has 0 amide bonds. The summed E-state index contributed by atoms with van der Waals surface area (Å²) in [5.41, 5.74) is 0.0824. The average molecular weight is 267 g/mol. The minimum atomic E-state index is -0.150. The van der Waals surface area contributed by atoms with E-state index in [1.165, 1.54) is 0 Å². The van der Waals surface area contributed by atoms with Crippen LogP contribution in [0.5, 0.6) is 0 Å².